The van der Waals surface area contributed by atoms with E-state index in [2.05, 4.69) is 20.5 Å². The first-order chi connectivity index (χ1) is 11.4. The molecule has 24 heavy (non-hydrogen) atoms. The van der Waals surface area contributed by atoms with Gasteiger partial charge in [0.1, 0.15) is 5.82 Å². The van der Waals surface area contributed by atoms with Gasteiger partial charge >= 0.3 is 5.69 Å². The molecular weight excluding hydrogens is 316 g/mol. The highest BCUT2D eigenvalue weighted by Gasteiger charge is 2.17. The maximum atomic E-state index is 12.1. The number of aromatic nitrogens is 5. The lowest BCUT2D eigenvalue weighted by atomic mass is 10.2. The van der Waals surface area contributed by atoms with Crippen LogP contribution in [0, 0.1) is 6.92 Å². The van der Waals surface area contributed by atoms with Gasteiger partial charge in [0.2, 0.25) is 5.88 Å². The number of anilines is 1. The van der Waals surface area contributed by atoms with E-state index in [1.54, 1.807) is 31.2 Å². The molecule has 122 valence electrons. The second kappa shape index (κ2) is 5.83. The summed E-state index contributed by atoms with van der Waals surface area (Å²) in [4.78, 5) is 42.7. The van der Waals surface area contributed by atoms with Crippen LogP contribution in [0.15, 0.2) is 33.9 Å². The number of hydrogen-bond donors (Lipinski definition) is 5. The lowest BCUT2D eigenvalue weighted by molar-refractivity contribution is 0.102. The van der Waals surface area contributed by atoms with Crippen LogP contribution in [0.5, 0.6) is 5.88 Å². The molecule has 0 aliphatic carbocycles. The van der Waals surface area contributed by atoms with Crippen LogP contribution in [-0.4, -0.2) is 36.2 Å². The number of aromatic amines is 3. The van der Waals surface area contributed by atoms with E-state index >= 15 is 0 Å². The second-order valence-electron chi connectivity index (χ2n) is 4.91. The van der Waals surface area contributed by atoms with Crippen molar-refractivity contribution in [3.05, 3.63) is 56.5 Å². The molecule has 3 aromatic rings. The van der Waals surface area contributed by atoms with Crippen molar-refractivity contribution >= 4 is 11.6 Å². The molecule has 0 fully saturated rings. The fourth-order valence-corrected chi connectivity index (χ4v) is 2.05. The van der Waals surface area contributed by atoms with Crippen LogP contribution >= 0.6 is 0 Å². The molecule has 10 heteroatoms. The van der Waals surface area contributed by atoms with Crippen molar-refractivity contribution in [3.8, 4) is 17.3 Å². The summed E-state index contributed by atoms with van der Waals surface area (Å²) in [6.07, 6.45) is 0. The van der Waals surface area contributed by atoms with Crippen LogP contribution < -0.4 is 16.6 Å². The van der Waals surface area contributed by atoms with Crippen molar-refractivity contribution in [1.82, 2.24) is 25.1 Å². The molecule has 1 amide bonds. The summed E-state index contributed by atoms with van der Waals surface area (Å²) in [5.41, 5.74) is -1.34. The molecule has 5 N–H and O–H groups in total. The molecule has 0 aliphatic rings. The van der Waals surface area contributed by atoms with E-state index < -0.39 is 28.6 Å². The second-order valence-corrected chi connectivity index (χ2v) is 4.91. The Morgan fingerprint density at radius 3 is 2.46 bits per heavy atom. The average Bonchev–Trinajstić information content (AvgIpc) is 2.93. The highest BCUT2D eigenvalue weighted by molar-refractivity contribution is 6.05. The first-order valence-electron chi connectivity index (χ1n) is 6.80. The number of nitrogens with one attached hydrogen (secondary N) is 4. The lowest BCUT2D eigenvalue weighted by Crippen LogP contribution is -2.30. The van der Waals surface area contributed by atoms with Gasteiger partial charge in [-0.2, -0.15) is 5.10 Å². The van der Waals surface area contributed by atoms with Crippen LogP contribution in [0.25, 0.3) is 11.4 Å². The topological polar surface area (TPSA) is 157 Å². The van der Waals surface area contributed by atoms with E-state index in [0.717, 1.165) is 5.56 Å². The highest BCUT2D eigenvalue weighted by atomic mass is 16.3. The summed E-state index contributed by atoms with van der Waals surface area (Å²) in [7, 11) is 0. The lowest BCUT2D eigenvalue weighted by Gasteiger charge is -2.06. The van der Waals surface area contributed by atoms with Crippen molar-refractivity contribution < 1.29 is 9.90 Å². The number of carbonyl (C=O) groups excluding carboxylic acids is 1. The molecule has 0 spiro atoms. The molecule has 0 unspecified atom stereocenters. The van der Waals surface area contributed by atoms with E-state index in [1.165, 1.54) is 0 Å². The maximum Gasteiger partial charge on any atom is 0.328 e. The molecule has 10 nitrogen and oxygen atoms in total. The van der Waals surface area contributed by atoms with Gasteiger partial charge in [0, 0.05) is 11.3 Å². The van der Waals surface area contributed by atoms with E-state index in [-0.39, 0.29) is 0 Å². The van der Waals surface area contributed by atoms with Gasteiger partial charge in [0.05, 0.1) is 0 Å². The standard InChI is InChI=1S/C14H12N6O4/c1-6-15-10(20-19-6)7-2-4-8(5-3-7)16-11(21)9-12(22)17-14(24)18-13(9)23/h2-5H,1H3,(H,16,21)(H,15,19,20)(H3,17,18,22,23,24). The zero-order valence-electron chi connectivity index (χ0n) is 12.4. The van der Waals surface area contributed by atoms with Gasteiger partial charge in [-0.05, 0) is 31.2 Å². The van der Waals surface area contributed by atoms with E-state index in [9.17, 15) is 19.5 Å². The smallest absolute Gasteiger partial charge is 0.328 e. The summed E-state index contributed by atoms with van der Waals surface area (Å²) in [6.45, 7) is 1.78. The van der Waals surface area contributed by atoms with Crippen LogP contribution in [0.4, 0.5) is 5.69 Å². The zero-order valence-corrected chi connectivity index (χ0v) is 12.4. The number of nitrogens with zero attached hydrogens (tertiary/aromatic N) is 2. The molecule has 0 bridgehead atoms. The summed E-state index contributed by atoms with van der Waals surface area (Å²) in [6, 6.07) is 6.57. The van der Waals surface area contributed by atoms with Gasteiger partial charge in [-0.3, -0.25) is 24.7 Å². The van der Waals surface area contributed by atoms with Gasteiger partial charge in [0.25, 0.3) is 11.5 Å². The highest BCUT2D eigenvalue weighted by Crippen LogP contribution is 2.18. The van der Waals surface area contributed by atoms with Crippen LogP contribution in [0.2, 0.25) is 0 Å². The van der Waals surface area contributed by atoms with Crippen molar-refractivity contribution in [2.45, 2.75) is 6.92 Å². The molecule has 0 saturated heterocycles. The maximum absolute atomic E-state index is 12.1. The van der Waals surface area contributed by atoms with Gasteiger partial charge < -0.3 is 10.4 Å². The Kier molecular flexibility index (Phi) is 3.70. The largest absolute Gasteiger partial charge is 0.494 e. The van der Waals surface area contributed by atoms with Crippen molar-refractivity contribution in [2.75, 3.05) is 5.32 Å². The Morgan fingerprint density at radius 1 is 1.17 bits per heavy atom. The number of hydrogen-bond acceptors (Lipinski definition) is 6. The minimum atomic E-state index is -0.985. The predicted octanol–water partition coefficient (Wildman–Crippen LogP) is 0.115. The average molecular weight is 328 g/mol. The van der Waals surface area contributed by atoms with Crippen molar-refractivity contribution in [3.63, 3.8) is 0 Å². The molecule has 0 radical (unpaired) electrons. The van der Waals surface area contributed by atoms with Crippen LogP contribution in [0.3, 0.4) is 0 Å². The van der Waals surface area contributed by atoms with E-state index in [1.807, 2.05) is 9.97 Å². The van der Waals surface area contributed by atoms with Crippen LogP contribution in [-0.2, 0) is 0 Å². The number of amides is 1. The van der Waals surface area contributed by atoms with E-state index in [0.29, 0.717) is 17.3 Å². The van der Waals surface area contributed by atoms with Gasteiger partial charge in [-0.1, -0.05) is 0 Å². The first kappa shape index (κ1) is 15.2. The van der Waals surface area contributed by atoms with Crippen LogP contribution in [0.1, 0.15) is 16.2 Å². The molecule has 0 atom stereocenters. The Labute approximate surface area is 133 Å². The zero-order chi connectivity index (χ0) is 17.3. The molecule has 3 rings (SSSR count). The third-order valence-corrected chi connectivity index (χ3v) is 3.15. The summed E-state index contributed by atoms with van der Waals surface area (Å²) < 4.78 is 0. The summed E-state index contributed by atoms with van der Waals surface area (Å²) in [5, 5.41) is 18.8. The number of H-pyrrole nitrogens is 3. The Bertz CT molecular complexity index is 1010. The molecular formula is C14H12N6O4. The Morgan fingerprint density at radius 2 is 1.88 bits per heavy atom. The van der Waals surface area contributed by atoms with Crippen molar-refractivity contribution in [2.24, 2.45) is 0 Å². The summed E-state index contributed by atoms with van der Waals surface area (Å²) in [5.74, 6) is -0.462. The number of aromatic hydroxyl groups is 1. The normalized spacial score (nSPS) is 10.5. The Balaban J connectivity index is 1.83. The number of rotatable bonds is 3. The molecule has 2 heterocycles. The minimum Gasteiger partial charge on any atom is -0.494 e. The monoisotopic (exact) mass is 328 g/mol. The molecule has 1 aromatic carbocycles. The quantitative estimate of drug-likeness (QED) is 0.459. The molecule has 2 aromatic heterocycles. The SMILES string of the molecule is Cc1nc(-c2ccc(NC(=O)c3c(O)[nH]c(=O)[nH]c3=O)cc2)n[nH]1. The first-order valence-corrected chi connectivity index (χ1v) is 6.80. The number of aryl methyl sites for hydroxylation is 1. The summed E-state index contributed by atoms with van der Waals surface area (Å²) >= 11 is 0. The molecule has 0 aliphatic heterocycles. The van der Waals surface area contributed by atoms with Crippen molar-refractivity contribution in [1.29, 1.82) is 0 Å². The number of benzene rings is 1. The fourth-order valence-electron chi connectivity index (χ4n) is 2.05. The predicted molar refractivity (Wildman–Crippen MR) is 83.9 cm³/mol. The third-order valence-electron chi connectivity index (χ3n) is 3.15. The molecule has 0 saturated carbocycles. The van der Waals surface area contributed by atoms with Gasteiger partial charge in [-0.25, -0.2) is 9.78 Å². The Hall–Kier alpha value is -3.69. The fraction of sp³-hybridized carbons (Fsp3) is 0.0714. The third kappa shape index (κ3) is 2.92. The minimum absolute atomic E-state index is 0.390. The van der Waals surface area contributed by atoms with Gasteiger partial charge in [-0.15, -0.1) is 0 Å². The van der Waals surface area contributed by atoms with Gasteiger partial charge in [0.15, 0.2) is 11.4 Å². The number of carbonyl (C=O) groups is 1. The van der Waals surface area contributed by atoms with E-state index in [4.69, 9.17) is 0 Å².